The normalized spacial score (nSPS) is 18.8. The molecule has 0 saturated carbocycles. The van der Waals surface area contributed by atoms with Crippen LogP contribution >= 0.6 is 0 Å². The van der Waals surface area contributed by atoms with Crippen molar-refractivity contribution in [3.63, 3.8) is 0 Å². The molecule has 27 heavy (non-hydrogen) atoms. The van der Waals surface area contributed by atoms with Gasteiger partial charge in [-0.3, -0.25) is 9.78 Å². The largest absolute Gasteiger partial charge is 0.487 e. The molecule has 142 valence electrons. The van der Waals surface area contributed by atoms with Crippen LogP contribution < -0.4 is 15.4 Å². The highest BCUT2D eigenvalue weighted by Crippen LogP contribution is 2.23. The van der Waals surface area contributed by atoms with E-state index < -0.39 is 6.04 Å². The van der Waals surface area contributed by atoms with E-state index in [9.17, 15) is 9.59 Å². The molecule has 7 nitrogen and oxygen atoms in total. The van der Waals surface area contributed by atoms with Crippen molar-refractivity contribution in [3.8, 4) is 5.75 Å². The van der Waals surface area contributed by atoms with Crippen LogP contribution in [0.15, 0.2) is 48.8 Å². The SMILES string of the molecule is CNC(=O)[C@@H]1C[C@H](Oc2cccnc2)CN1C(=O)NCc1ccc(C)cc1. The van der Waals surface area contributed by atoms with E-state index in [0.29, 0.717) is 25.3 Å². The predicted octanol–water partition coefficient (Wildman–Crippen LogP) is 1.87. The van der Waals surface area contributed by atoms with E-state index in [1.165, 1.54) is 10.5 Å². The van der Waals surface area contributed by atoms with Crippen LogP contribution in [0.5, 0.6) is 5.75 Å². The molecule has 1 aromatic carbocycles. The molecule has 2 atom stereocenters. The maximum Gasteiger partial charge on any atom is 0.318 e. The van der Waals surface area contributed by atoms with Gasteiger partial charge in [0.05, 0.1) is 12.7 Å². The van der Waals surface area contributed by atoms with Crippen LogP contribution in [0.25, 0.3) is 0 Å². The Morgan fingerprint density at radius 2 is 2.04 bits per heavy atom. The monoisotopic (exact) mass is 368 g/mol. The number of likely N-dealkylation sites (N-methyl/N-ethyl adjacent to an activating group) is 1. The second kappa shape index (κ2) is 8.53. The number of rotatable bonds is 5. The second-order valence-corrected chi connectivity index (χ2v) is 6.59. The maximum absolute atomic E-state index is 12.7. The number of aryl methyl sites for hydroxylation is 1. The van der Waals surface area contributed by atoms with Gasteiger partial charge in [-0.1, -0.05) is 29.8 Å². The lowest BCUT2D eigenvalue weighted by atomic mass is 10.1. The zero-order valence-corrected chi connectivity index (χ0v) is 15.5. The summed E-state index contributed by atoms with van der Waals surface area (Å²) in [6, 6.07) is 10.7. The number of nitrogens with one attached hydrogen (secondary N) is 2. The molecule has 3 rings (SSSR count). The van der Waals surface area contributed by atoms with Crippen molar-refractivity contribution >= 4 is 11.9 Å². The molecule has 7 heteroatoms. The zero-order valence-electron chi connectivity index (χ0n) is 15.5. The predicted molar refractivity (Wildman–Crippen MR) is 101 cm³/mol. The first-order valence-electron chi connectivity index (χ1n) is 8.95. The third-order valence-corrected chi connectivity index (χ3v) is 4.57. The van der Waals surface area contributed by atoms with Gasteiger partial charge in [-0.15, -0.1) is 0 Å². The summed E-state index contributed by atoms with van der Waals surface area (Å²) in [4.78, 5) is 30.5. The topological polar surface area (TPSA) is 83.6 Å². The summed E-state index contributed by atoms with van der Waals surface area (Å²) in [7, 11) is 1.57. The van der Waals surface area contributed by atoms with Crippen LogP contribution in [0.4, 0.5) is 4.79 Å². The van der Waals surface area contributed by atoms with Crippen LogP contribution in [0.3, 0.4) is 0 Å². The number of amides is 3. The lowest BCUT2D eigenvalue weighted by Crippen LogP contribution is -2.48. The van der Waals surface area contributed by atoms with Gasteiger partial charge in [0, 0.05) is 26.2 Å². The van der Waals surface area contributed by atoms with Crippen molar-refractivity contribution in [2.45, 2.75) is 32.0 Å². The summed E-state index contributed by atoms with van der Waals surface area (Å²) in [5, 5.41) is 5.52. The standard InChI is InChI=1S/C20H24N4O3/c1-14-5-7-15(8-6-14)11-23-20(26)24-13-17(10-18(24)19(25)21-2)27-16-4-3-9-22-12-16/h3-9,12,17-18H,10-11,13H2,1-2H3,(H,21,25)(H,23,26)/t17-,18-/m0/s1. The number of ether oxygens (including phenoxy) is 1. The van der Waals surface area contributed by atoms with E-state index >= 15 is 0 Å². The Morgan fingerprint density at radius 1 is 1.26 bits per heavy atom. The van der Waals surface area contributed by atoms with Gasteiger partial charge in [0.15, 0.2) is 0 Å². The number of likely N-dealkylation sites (tertiary alicyclic amines) is 1. The Bertz CT molecular complexity index is 780. The van der Waals surface area contributed by atoms with E-state index in [1.54, 1.807) is 25.5 Å². The number of carbonyl (C=O) groups is 2. The Morgan fingerprint density at radius 3 is 2.70 bits per heavy atom. The van der Waals surface area contributed by atoms with E-state index in [4.69, 9.17) is 4.74 Å². The van der Waals surface area contributed by atoms with Gasteiger partial charge in [-0.2, -0.15) is 0 Å². The minimum absolute atomic E-state index is 0.197. The Balaban J connectivity index is 1.64. The molecule has 2 N–H and O–H groups in total. The molecule has 1 aromatic heterocycles. The summed E-state index contributed by atoms with van der Waals surface area (Å²) in [6.07, 6.45) is 3.46. The van der Waals surface area contributed by atoms with Crippen molar-refractivity contribution in [2.24, 2.45) is 0 Å². The molecule has 0 spiro atoms. The molecule has 0 radical (unpaired) electrons. The fourth-order valence-electron chi connectivity index (χ4n) is 3.12. The minimum atomic E-state index is -0.560. The summed E-state index contributed by atoms with van der Waals surface area (Å²) >= 11 is 0. The van der Waals surface area contributed by atoms with Crippen molar-refractivity contribution in [1.82, 2.24) is 20.5 Å². The summed E-state index contributed by atoms with van der Waals surface area (Å²) < 4.78 is 5.89. The summed E-state index contributed by atoms with van der Waals surface area (Å²) in [6.45, 7) is 2.76. The number of nitrogens with zero attached hydrogens (tertiary/aromatic N) is 2. The van der Waals surface area contributed by atoms with E-state index in [0.717, 1.165) is 5.56 Å². The average molecular weight is 368 g/mol. The smallest absolute Gasteiger partial charge is 0.318 e. The van der Waals surface area contributed by atoms with Gasteiger partial charge in [-0.05, 0) is 24.6 Å². The fourth-order valence-corrected chi connectivity index (χ4v) is 3.12. The Kier molecular flexibility index (Phi) is 5.90. The molecule has 1 saturated heterocycles. The number of aromatic nitrogens is 1. The molecule has 0 bridgehead atoms. The maximum atomic E-state index is 12.7. The molecule has 0 aliphatic carbocycles. The van der Waals surface area contributed by atoms with Gasteiger partial charge < -0.3 is 20.3 Å². The molecule has 1 aliphatic rings. The van der Waals surface area contributed by atoms with Crippen LogP contribution in [0.2, 0.25) is 0 Å². The molecule has 1 aliphatic heterocycles. The molecule has 2 aromatic rings. The minimum Gasteiger partial charge on any atom is -0.487 e. The van der Waals surface area contributed by atoms with E-state index in [-0.39, 0.29) is 18.0 Å². The van der Waals surface area contributed by atoms with Crippen molar-refractivity contribution in [1.29, 1.82) is 0 Å². The number of urea groups is 1. The highest BCUT2D eigenvalue weighted by Gasteiger charge is 2.40. The van der Waals surface area contributed by atoms with Crippen LogP contribution in [0, 0.1) is 6.92 Å². The Labute approximate surface area is 158 Å². The first-order valence-corrected chi connectivity index (χ1v) is 8.95. The molecule has 1 fully saturated rings. The molecular weight excluding hydrogens is 344 g/mol. The third-order valence-electron chi connectivity index (χ3n) is 4.57. The first kappa shape index (κ1) is 18.7. The van der Waals surface area contributed by atoms with Gasteiger partial charge in [0.1, 0.15) is 17.9 Å². The quantitative estimate of drug-likeness (QED) is 0.844. The van der Waals surface area contributed by atoms with Crippen molar-refractivity contribution in [3.05, 3.63) is 59.9 Å². The number of hydrogen-bond acceptors (Lipinski definition) is 4. The van der Waals surface area contributed by atoms with Gasteiger partial charge >= 0.3 is 6.03 Å². The first-order chi connectivity index (χ1) is 13.1. The fraction of sp³-hybridized carbons (Fsp3) is 0.350. The third kappa shape index (κ3) is 4.75. The van der Waals surface area contributed by atoms with E-state index in [1.807, 2.05) is 37.3 Å². The number of carbonyl (C=O) groups excluding carboxylic acids is 2. The molecule has 0 unspecified atom stereocenters. The van der Waals surface area contributed by atoms with Gasteiger partial charge in [0.2, 0.25) is 5.91 Å². The molecule has 2 heterocycles. The molecule has 3 amide bonds. The van der Waals surface area contributed by atoms with Crippen molar-refractivity contribution < 1.29 is 14.3 Å². The lowest BCUT2D eigenvalue weighted by Gasteiger charge is -2.23. The second-order valence-electron chi connectivity index (χ2n) is 6.59. The van der Waals surface area contributed by atoms with Crippen LogP contribution in [-0.2, 0) is 11.3 Å². The summed E-state index contributed by atoms with van der Waals surface area (Å²) in [5.41, 5.74) is 2.17. The van der Waals surface area contributed by atoms with Crippen molar-refractivity contribution in [2.75, 3.05) is 13.6 Å². The average Bonchev–Trinajstić information content (AvgIpc) is 3.11. The number of hydrogen-bond donors (Lipinski definition) is 2. The Hall–Kier alpha value is -3.09. The highest BCUT2D eigenvalue weighted by atomic mass is 16.5. The van der Waals surface area contributed by atoms with Gasteiger partial charge in [0.25, 0.3) is 0 Å². The lowest BCUT2D eigenvalue weighted by molar-refractivity contribution is -0.124. The molecular formula is C20H24N4O3. The highest BCUT2D eigenvalue weighted by molar-refractivity contribution is 5.87. The van der Waals surface area contributed by atoms with E-state index in [2.05, 4.69) is 15.6 Å². The zero-order chi connectivity index (χ0) is 19.2. The van der Waals surface area contributed by atoms with Crippen LogP contribution in [-0.4, -0.2) is 47.6 Å². The summed E-state index contributed by atoms with van der Waals surface area (Å²) in [5.74, 6) is 0.429. The van der Waals surface area contributed by atoms with Gasteiger partial charge in [-0.25, -0.2) is 4.79 Å². The number of pyridine rings is 1. The van der Waals surface area contributed by atoms with Crippen LogP contribution in [0.1, 0.15) is 17.5 Å². The number of benzene rings is 1.